The van der Waals surface area contributed by atoms with Crippen molar-refractivity contribution in [2.45, 2.75) is 34.2 Å². The number of hydrogen-bond acceptors (Lipinski definition) is 5. The Bertz CT molecular complexity index is 901. The van der Waals surface area contributed by atoms with E-state index in [9.17, 15) is 0 Å². The Morgan fingerprint density at radius 2 is 1.64 bits per heavy atom. The van der Waals surface area contributed by atoms with Crippen molar-refractivity contribution < 1.29 is 0 Å². The second-order valence-electron chi connectivity index (χ2n) is 6.90. The molecule has 0 spiro atoms. The smallest absolute Gasteiger partial charge is 0.225 e. The maximum atomic E-state index is 4.61. The summed E-state index contributed by atoms with van der Waals surface area (Å²) in [5, 5.41) is 6.71. The fraction of sp³-hybridized carbons (Fsp3) is 0.304. The molecule has 3 aromatic rings. The van der Waals surface area contributed by atoms with Crippen LogP contribution in [0.1, 0.15) is 30.7 Å². The van der Waals surface area contributed by atoms with Gasteiger partial charge in [-0.15, -0.1) is 0 Å². The summed E-state index contributed by atoms with van der Waals surface area (Å²) < 4.78 is 0. The number of rotatable bonds is 8. The zero-order valence-corrected chi connectivity index (χ0v) is 17.2. The van der Waals surface area contributed by atoms with Gasteiger partial charge in [0, 0.05) is 42.8 Å². The van der Waals surface area contributed by atoms with Crippen LogP contribution in [-0.2, 0) is 6.54 Å². The predicted molar refractivity (Wildman–Crippen MR) is 119 cm³/mol. The van der Waals surface area contributed by atoms with E-state index in [4.69, 9.17) is 0 Å². The first-order valence-electron chi connectivity index (χ1n) is 9.84. The highest BCUT2D eigenvalue weighted by Gasteiger charge is 2.05. The van der Waals surface area contributed by atoms with E-state index < -0.39 is 0 Å². The van der Waals surface area contributed by atoms with Crippen LogP contribution < -0.4 is 15.5 Å². The Balaban J connectivity index is 1.69. The lowest BCUT2D eigenvalue weighted by Gasteiger charge is -2.21. The van der Waals surface area contributed by atoms with Gasteiger partial charge in [-0.3, -0.25) is 0 Å². The largest absolute Gasteiger partial charge is 0.372 e. The molecule has 0 aliphatic carbocycles. The predicted octanol–water partition coefficient (Wildman–Crippen LogP) is 5.30. The monoisotopic (exact) mass is 375 g/mol. The van der Waals surface area contributed by atoms with Gasteiger partial charge >= 0.3 is 0 Å². The zero-order chi connectivity index (χ0) is 19.9. The third kappa shape index (κ3) is 5.22. The molecular formula is C23H29N5. The number of nitrogens with one attached hydrogen (secondary N) is 2. The van der Waals surface area contributed by atoms with E-state index in [0.29, 0.717) is 12.5 Å². The summed E-state index contributed by atoms with van der Waals surface area (Å²) in [6.45, 7) is 11.1. The molecule has 0 amide bonds. The second-order valence-corrected chi connectivity index (χ2v) is 6.90. The number of hydrogen-bond donors (Lipinski definition) is 2. The number of aromatic nitrogens is 2. The van der Waals surface area contributed by atoms with Gasteiger partial charge in [-0.25, -0.2) is 4.98 Å². The molecule has 28 heavy (non-hydrogen) atoms. The van der Waals surface area contributed by atoms with Crippen molar-refractivity contribution in [2.75, 3.05) is 28.6 Å². The van der Waals surface area contributed by atoms with Gasteiger partial charge in [0.2, 0.25) is 5.95 Å². The summed E-state index contributed by atoms with van der Waals surface area (Å²) in [5.74, 6) is 1.42. The molecule has 1 aromatic heterocycles. The Labute approximate surface area is 167 Å². The van der Waals surface area contributed by atoms with Gasteiger partial charge < -0.3 is 15.5 Å². The molecule has 2 aromatic carbocycles. The molecule has 0 aliphatic rings. The Kier molecular flexibility index (Phi) is 6.48. The molecule has 3 rings (SSSR count). The van der Waals surface area contributed by atoms with Gasteiger partial charge in [-0.2, -0.15) is 4.98 Å². The first-order chi connectivity index (χ1) is 13.6. The van der Waals surface area contributed by atoms with Crippen LogP contribution in [0, 0.1) is 13.8 Å². The number of nitrogens with zero attached hydrogens (tertiary/aromatic N) is 3. The van der Waals surface area contributed by atoms with Gasteiger partial charge in [0.25, 0.3) is 0 Å². The lowest BCUT2D eigenvalue weighted by molar-refractivity contribution is 0.866. The van der Waals surface area contributed by atoms with Gasteiger partial charge in [-0.05, 0) is 57.5 Å². The number of anilines is 4. The van der Waals surface area contributed by atoms with E-state index in [0.717, 1.165) is 30.3 Å². The molecule has 0 aliphatic heterocycles. The normalized spacial score (nSPS) is 10.6. The van der Waals surface area contributed by atoms with Crippen molar-refractivity contribution in [1.29, 1.82) is 0 Å². The van der Waals surface area contributed by atoms with Crippen molar-refractivity contribution in [2.24, 2.45) is 0 Å². The molecule has 0 atom stereocenters. The third-order valence-corrected chi connectivity index (χ3v) is 4.66. The van der Waals surface area contributed by atoms with E-state index in [-0.39, 0.29) is 0 Å². The summed E-state index contributed by atoms with van der Waals surface area (Å²) in [5.41, 5.74) is 5.63. The van der Waals surface area contributed by atoms with Crippen LogP contribution in [0.4, 0.5) is 23.1 Å². The minimum Gasteiger partial charge on any atom is -0.372 e. The van der Waals surface area contributed by atoms with Crippen molar-refractivity contribution in [1.82, 2.24) is 9.97 Å². The molecule has 0 saturated heterocycles. The highest BCUT2D eigenvalue weighted by molar-refractivity contribution is 5.61. The molecule has 5 heteroatoms. The summed E-state index contributed by atoms with van der Waals surface area (Å²) in [7, 11) is 0. The summed E-state index contributed by atoms with van der Waals surface area (Å²) >= 11 is 0. The first kappa shape index (κ1) is 19.7. The Morgan fingerprint density at radius 3 is 2.32 bits per heavy atom. The quantitative estimate of drug-likeness (QED) is 0.560. The maximum Gasteiger partial charge on any atom is 0.225 e. The van der Waals surface area contributed by atoms with E-state index in [2.05, 4.69) is 94.8 Å². The van der Waals surface area contributed by atoms with Crippen molar-refractivity contribution >= 4 is 23.1 Å². The Morgan fingerprint density at radius 1 is 0.893 bits per heavy atom. The standard InChI is InChI=1S/C23H29N5/c1-5-28(6-2)21-12-10-20(11-13-21)26-22-15-18(4)25-23(27-22)24-16-19-9-7-8-17(3)14-19/h7-15H,5-6,16H2,1-4H3,(H2,24,25,26,27). The molecule has 0 saturated carbocycles. The lowest BCUT2D eigenvalue weighted by atomic mass is 10.1. The highest BCUT2D eigenvalue weighted by Crippen LogP contribution is 2.21. The minimum absolute atomic E-state index is 0.628. The molecule has 0 unspecified atom stereocenters. The number of benzene rings is 2. The Hall–Kier alpha value is -3.08. The molecule has 2 N–H and O–H groups in total. The SMILES string of the molecule is CCN(CC)c1ccc(Nc2cc(C)nc(NCc3cccc(C)c3)n2)cc1. The van der Waals surface area contributed by atoms with Crippen LogP contribution in [0.2, 0.25) is 0 Å². The van der Waals surface area contributed by atoms with E-state index in [1.807, 2.05) is 13.0 Å². The minimum atomic E-state index is 0.628. The molecule has 146 valence electrons. The molecule has 0 bridgehead atoms. The fourth-order valence-electron chi connectivity index (χ4n) is 3.21. The summed E-state index contributed by atoms with van der Waals surface area (Å²) in [4.78, 5) is 11.4. The molecule has 0 fully saturated rings. The highest BCUT2D eigenvalue weighted by atomic mass is 15.1. The van der Waals surface area contributed by atoms with E-state index >= 15 is 0 Å². The molecule has 5 nitrogen and oxygen atoms in total. The van der Waals surface area contributed by atoms with E-state index in [1.165, 1.54) is 16.8 Å². The third-order valence-electron chi connectivity index (χ3n) is 4.66. The lowest BCUT2D eigenvalue weighted by Crippen LogP contribution is -2.21. The second kappa shape index (κ2) is 9.22. The van der Waals surface area contributed by atoms with Crippen LogP contribution in [0.5, 0.6) is 0 Å². The van der Waals surface area contributed by atoms with Crippen molar-refractivity contribution in [3.05, 3.63) is 71.4 Å². The van der Waals surface area contributed by atoms with Crippen LogP contribution in [0.15, 0.2) is 54.6 Å². The average molecular weight is 376 g/mol. The van der Waals surface area contributed by atoms with Crippen LogP contribution in [0.3, 0.4) is 0 Å². The van der Waals surface area contributed by atoms with Crippen LogP contribution >= 0.6 is 0 Å². The van der Waals surface area contributed by atoms with Gasteiger partial charge in [0.15, 0.2) is 0 Å². The molecular weight excluding hydrogens is 346 g/mol. The van der Waals surface area contributed by atoms with Crippen LogP contribution in [0.25, 0.3) is 0 Å². The van der Waals surface area contributed by atoms with Gasteiger partial charge in [0.1, 0.15) is 5.82 Å². The average Bonchev–Trinajstić information content (AvgIpc) is 2.68. The van der Waals surface area contributed by atoms with E-state index in [1.54, 1.807) is 0 Å². The van der Waals surface area contributed by atoms with Crippen LogP contribution in [-0.4, -0.2) is 23.1 Å². The maximum absolute atomic E-state index is 4.61. The summed E-state index contributed by atoms with van der Waals surface area (Å²) in [6.07, 6.45) is 0. The van der Waals surface area contributed by atoms with Gasteiger partial charge in [-0.1, -0.05) is 29.8 Å². The molecule has 1 heterocycles. The number of aryl methyl sites for hydroxylation is 2. The fourth-order valence-corrected chi connectivity index (χ4v) is 3.21. The topological polar surface area (TPSA) is 53.1 Å². The van der Waals surface area contributed by atoms with Gasteiger partial charge in [0.05, 0.1) is 0 Å². The van der Waals surface area contributed by atoms with Crippen molar-refractivity contribution in [3.8, 4) is 0 Å². The van der Waals surface area contributed by atoms with Crippen molar-refractivity contribution in [3.63, 3.8) is 0 Å². The zero-order valence-electron chi connectivity index (χ0n) is 17.2. The summed E-state index contributed by atoms with van der Waals surface area (Å²) in [6, 6.07) is 18.8. The first-order valence-corrected chi connectivity index (χ1v) is 9.84. The molecule has 0 radical (unpaired) electrons.